The number of hydrogen-bond acceptors (Lipinski definition) is 6. The first-order valence-electron chi connectivity index (χ1n) is 9.28. The van der Waals surface area contributed by atoms with Crippen LogP contribution in [0.15, 0.2) is 21.7 Å². The lowest BCUT2D eigenvalue weighted by Crippen LogP contribution is -2.44. The van der Waals surface area contributed by atoms with E-state index in [4.69, 9.17) is 33.2 Å². The molecule has 2 aromatic rings. The molecule has 0 aliphatic carbocycles. The number of aromatic amines is 1. The van der Waals surface area contributed by atoms with Crippen LogP contribution in [0.2, 0.25) is 10.0 Å². The maximum Gasteiger partial charge on any atom is 0.349 e. The summed E-state index contributed by atoms with van der Waals surface area (Å²) in [5.74, 6) is 0.273. The summed E-state index contributed by atoms with van der Waals surface area (Å²) < 4.78 is 6.82. The third-order valence-corrected chi connectivity index (χ3v) is 5.60. The number of nitrogens with one attached hydrogen (secondary N) is 1. The van der Waals surface area contributed by atoms with Crippen molar-refractivity contribution in [1.82, 2.24) is 19.7 Å². The van der Waals surface area contributed by atoms with Gasteiger partial charge in [-0.15, -0.1) is 5.10 Å². The average molecular weight is 452 g/mol. The third-order valence-electron chi connectivity index (χ3n) is 5.04. The van der Waals surface area contributed by atoms with Crippen molar-refractivity contribution >= 4 is 29.1 Å². The van der Waals surface area contributed by atoms with Crippen molar-refractivity contribution < 1.29 is 9.53 Å². The average Bonchev–Trinajstić information content (AvgIpc) is 2.86. The van der Waals surface area contributed by atoms with Gasteiger partial charge in [-0.1, -0.05) is 29.6 Å². The highest BCUT2D eigenvalue weighted by molar-refractivity contribution is 6.37. The van der Waals surface area contributed by atoms with Gasteiger partial charge in [0.2, 0.25) is 11.6 Å². The Morgan fingerprint density at radius 2 is 1.93 bits per heavy atom. The van der Waals surface area contributed by atoms with E-state index in [2.05, 4.69) is 5.10 Å². The minimum absolute atomic E-state index is 0.0670. The second kappa shape index (κ2) is 8.90. The van der Waals surface area contributed by atoms with Crippen LogP contribution >= 0.6 is 23.2 Å². The van der Waals surface area contributed by atoms with Gasteiger partial charge in [0.15, 0.2) is 5.75 Å². The quantitative estimate of drug-likeness (QED) is 0.760. The van der Waals surface area contributed by atoms with Crippen LogP contribution in [0, 0.1) is 11.3 Å². The van der Waals surface area contributed by atoms with Gasteiger partial charge in [0.1, 0.15) is 12.2 Å². The molecule has 11 heteroatoms. The number of carbonyl (C=O) groups is 1. The molecule has 1 aromatic carbocycles. The van der Waals surface area contributed by atoms with Crippen LogP contribution in [0.3, 0.4) is 0 Å². The van der Waals surface area contributed by atoms with Gasteiger partial charge in [-0.3, -0.25) is 14.6 Å². The Kier molecular flexibility index (Phi) is 6.48. The zero-order valence-electron chi connectivity index (χ0n) is 16.3. The summed E-state index contributed by atoms with van der Waals surface area (Å²) >= 11 is 12.7. The Hall–Kier alpha value is -2.83. The Morgan fingerprint density at radius 3 is 2.57 bits per heavy atom. The second-order valence-electron chi connectivity index (χ2n) is 7.01. The van der Waals surface area contributed by atoms with Crippen molar-refractivity contribution in [2.24, 2.45) is 0 Å². The molecule has 1 N–H and O–H groups in total. The molecule has 0 radical (unpaired) electrons. The van der Waals surface area contributed by atoms with Crippen molar-refractivity contribution in [3.63, 3.8) is 0 Å². The molecule has 30 heavy (non-hydrogen) atoms. The number of nitrogens with zero attached hydrogens (tertiary/aromatic N) is 4. The number of nitriles is 1. The van der Waals surface area contributed by atoms with Crippen molar-refractivity contribution in [2.45, 2.75) is 44.8 Å². The van der Waals surface area contributed by atoms with E-state index in [0.717, 1.165) is 23.9 Å². The lowest BCUT2D eigenvalue weighted by Gasteiger charge is -2.32. The van der Waals surface area contributed by atoms with Crippen molar-refractivity contribution in [3.8, 4) is 17.5 Å². The van der Waals surface area contributed by atoms with E-state index in [1.165, 1.54) is 12.1 Å². The number of benzene rings is 1. The zero-order chi connectivity index (χ0) is 22.0. The van der Waals surface area contributed by atoms with Gasteiger partial charge in [-0.25, -0.2) is 4.79 Å². The predicted molar refractivity (Wildman–Crippen MR) is 110 cm³/mol. The molecule has 1 aliphatic heterocycles. The highest BCUT2D eigenvalue weighted by Crippen LogP contribution is 2.36. The molecule has 1 aromatic heterocycles. The van der Waals surface area contributed by atoms with E-state index >= 15 is 0 Å². The van der Waals surface area contributed by atoms with Crippen molar-refractivity contribution in [2.75, 3.05) is 7.05 Å². The van der Waals surface area contributed by atoms with E-state index in [-0.39, 0.29) is 39.5 Å². The number of carbonyl (C=O) groups excluding carboxylic acids is 1. The van der Waals surface area contributed by atoms with Crippen molar-refractivity contribution in [1.29, 1.82) is 5.26 Å². The molecule has 0 spiro atoms. The Balaban J connectivity index is 1.92. The van der Waals surface area contributed by atoms with E-state index < -0.39 is 16.9 Å². The van der Waals surface area contributed by atoms with Crippen LogP contribution in [0.5, 0.6) is 5.75 Å². The molecule has 2 heterocycles. The molecule has 9 nitrogen and oxygen atoms in total. The van der Waals surface area contributed by atoms with Crippen molar-refractivity contribution in [3.05, 3.63) is 48.7 Å². The zero-order valence-corrected chi connectivity index (χ0v) is 17.8. The molecule has 1 saturated heterocycles. The first-order valence-corrected chi connectivity index (χ1v) is 10.0. The fraction of sp³-hybridized carbons (Fsp3) is 0.421. The SMILES string of the molecule is C[C@H](Oc1c(Cl)cc(-n2nc(C#N)c(=O)[nH]c2=O)cc1Cl)C1CCCCC(=O)N1C. The fourth-order valence-corrected chi connectivity index (χ4v) is 3.99. The third kappa shape index (κ3) is 4.35. The first-order chi connectivity index (χ1) is 14.2. The molecule has 0 saturated carbocycles. The number of rotatable bonds is 4. The molecule has 1 amide bonds. The molecule has 1 unspecified atom stereocenters. The largest absolute Gasteiger partial charge is 0.485 e. The lowest BCUT2D eigenvalue weighted by molar-refractivity contribution is -0.132. The van der Waals surface area contributed by atoms with Gasteiger partial charge >= 0.3 is 5.69 Å². The van der Waals surface area contributed by atoms with Gasteiger partial charge < -0.3 is 9.64 Å². The van der Waals surface area contributed by atoms with Gasteiger partial charge in [0, 0.05) is 13.5 Å². The molecule has 2 atom stereocenters. The summed E-state index contributed by atoms with van der Waals surface area (Å²) in [5.41, 5.74) is -2.04. The first kappa shape index (κ1) is 21.9. The van der Waals surface area contributed by atoms with Crippen LogP contribution in [-0.4, -0.2) is 44.8 Å². The summed E-state index contributed by atoms with van der Waals surface area (Å²) in [4.78, 5) is 39.5. The Bertz CT molecular complexity index is 1110. The monoisotopic (exact) mass is 451 g/mol. The number of ether oxygens (including phenoxy) is 1. The molecule has 1 fully saturated rings. The smallest absolute Gasteiger partial charge is 0.349 e. The van der Waals surface area contributed by atoms with E-state index in [9.17, 15) is 14.4 Å². The molecule has 0 bridgehead atoms. The minimum atomic E-state index is -0.883. The van der Waals surface area contributed by atoms with E-state index in [1.807, 2.05) is 11.9 Å². The topological polar surface area (TPSA) is 121 Å². The van der Waals surface area contributed by atoms with Crippen LogP contribution in [0.1, 0.15) is 38.3 Å². The number of likely N-dealkylation sites (N-methyl/N-ethyl adjacent to an activating group) is 1. The number of H-pyrrole nitrogens is 1. The van der Waals surface area contributed by atoms with Crippen LogP contribution in [-0.2, 0) is 4.79 Å². The maximum atomic E-state index is 12.2. The standard InChI is InChI=1S/C19H19Cl2N5O4/c1-10(15-5-3-4-6-16(27)25(15)2)30-17-12(20)7-11(8-13(17)21)26-19(29)23-18(28)14(9-22)24-26/h7-8,10,15H,3-6H2,1-2H3,(H,23,28,29)/t10-,15?/m0/s1. The fourth-order valence-electron chi connectivity index (χ4n) is 3.43. The van der Waals surface area contributed by atoms with Crippen LogP contribution < -0.4 is 16.0 Å². The predicted octanol–water partition coefficient (Wildman–Crippen LogP) is 2.27. The molecule has 1 aliphatic rings. The summed E-state index contributed by atoms with van der Waals surface area (Å²) in [7, 11) is 1.76. The number of aromatic nitrogens is 3. The van der Waals surface area contributed by atoms with Gasteiger partial charge in [0.05, 0.1) is 21.8 Å². The molecule has 3 rings (SSSR count). The number of likely N-dealkylation sites (tertiary alicyclic amines) is 1. The number of amides is 1. The Morgan fingerprint density at radius 1 is 1.27 bits per heavy atom. The minimum Gasteiger partial charge on any atom is -0.485 e. The normalized spacial score (nSPS) is 17.9. The van der Waals surface area contributed by atoms with E-state index in [0.29, 0.717) is 6.42 Å². The highest BCUT2D eigenvalue weighted by Gasteiger charge is 2.29. The van der Waals surface area contributed by atoms with E-state index in [1.54, 1.807) is 18.0 Å². The molecular weight excluding hydrogens is 433 g/mol. The molecule has 158 valence electrons. The summed E-state index contributed by atoms with van der Waals surface area (Å²) in [6.45, 7) is 1.84. The second-order valence-corrected chi connectivity index (χ2v) is 7.83. The Labute approximate surface area is 181 Å². The van der Waals surface area contributed by atoms with Crippen LogP contribution in [0.4, 0.5) is 0 Å². The molecular formula is C19H19Cl2N5O4. The maximum absolute atomic E-state index is 12.2. The lowest BCUT2D eigenvalue weighted by atomic mass is 10.1. The number of halogens is 2. The number of hydrogen-bond donors (Lipinski definition) is 1. The summed E-state index contributed by atoms with van der Waals surface area (Å²) in [6.07, 6.45) is 2.69. The summed E-state index contributed by atoms with van der Waals surface area (Å²) in [6, 6.07) is 4.27. The van der Waals surface area contributed by atoms with Gasteiger partial charge in [-0.2, -0.15) is 9.94 Å². The highest BCUT2D eigenvalue weighted by atomic mass is 35.5. The van der Waals surface area contributed by atoms with Gasteiger partial charge in [0.25, 0.3) is 5.56 Å². The summed E-state index contributed by atoms with van der Waals surface area (Å²) in [5, 5.41) is 12.9. The van der Waals surface area contributed by atoms with Gasteiger partial charge in [-0.05, 0) is 31.9 Å². The van der Waals surface area contributed by atoms with Crippen LogP contribution in [0.25, 0.3) is 5.69 Å².